The quantitative estimate of drug-likeness (QED) is 0.193. The van der Waals surface area contributed by atoms with Crippen molar-refractivity contribution < 1.29 is 19.1 Å². The molecule has 0 aliphatic carbocycles. The number of amides is 3. The van der Waals surface area contributed by atoms with Gasteiger partial charge in [-0.25, -0.2) is 0 Å². The minimum absolute atomic E-state index is 0.211. The van der Waals surface area contributed by atoms with Gasteiger partial charge in [0.2, 0.25) is 5.91 Å². The molecular formula is C29H18Br2Cl2N2O4S. The van der Waals surface area contributed by atoms with Crippen molar-refractivity contribution >= 4 is 106 Å². The second-order valence-electron chi connectivity index (χ2n) is 8.68. The zero-order valence-electron chi connectivity index (χ0n) is 20.4. The molecule has 1 aliphatic heterocycles. The third-order valence-corrected chi connectivity index (χ3v) is 8.62. The van der Waals surface area contributed by atoms with Crippen LogP contribution in [0.5, 0.6) is 5.75 Å². The summed E-state index contributed by atoms with van der Waals surface area (Å²) in [6, 6.07) is 21.9. The minimum Gasteiger partial charge on any atom is -0.486 e. The number of ether oxygens (including phenoxy) is 1. The van der Waals surface area contributed by atoms with Crippen LogP contribution in [0.3, 0.4) is 0 Å². The van der Waals surface area contributed by atoms with E-state index in [-0.39, 0.29) is 11.5 Å². The van der Waals surface area contributed by atoms with Gasteiger partial charge in [-0.05, 0) is 91.0 Å². The largest absolute Gasteiger partial charge is 0.486 e. The van der Waals surface area contributed by atoms with E-state index < -0.39 is 23.6 Å². The van der Waals surface area contributed by atoms with Crippen molar-refractivity contribution in [2.45, 2.75) is 6.61 Å². The fraction of sp³-hybridized carbons (Fsp3) is 0.0690. The first-order valence-electron chi connectivity index (χ1n) is 11.8. The number of halogens is 4. The molecule has 0 bridgehead atoms. The normalized spacial score (nSPS) is 14.3. The first kappa shape index (κ1) is 28.7. The van der Waals surface area contributed by atoms with Crippen molar-refractivity contribution in [1.82, 2.24) is 4.90 Å². The maximum atomic E-state index is 13.0. The van der Waals surface area contributed by atoms with Gasteiger partial charge in [0.05, 0.1) is 13.9 Å². The number of hydrogen-bond donors (Lipinski definition) is 1. The van der Waals surface area contributed by atoms with E-state index in [0.29, 0.717) is 36.0 Å². The molecule has 0 atom stereocenters. The summed E-state index contributed by atoms with van der Waals surface area (Å²) in [6.45, 7) is -0.176. The fourth-order valence-electron chi connectivity index (χ4n) is 4.04. The molecule has 1 fully saturated rings. The molecular weight excluding hydrogens is 703 g/mol. The standard InChI is InChI=1S/C29H18Br2Cl2N2O4S/c30-21-10-16(11-22(31)27(21)39-15-18-8-9-19(32)13-23(18)33)12-25-28(37)35(29(38)40-25)14-26(36)34-24-7-3-5-17-4-1-2-6-20(17)24/h1-13H,14-15H2,(H,34,36)/b25-12+. The van der Waals surface area contributed by atoms with E-state index in [4.69, 9.17) is 27.9 Å². The van der Waals surface area contributed by atoms with Crippen molar-refractivity contribution in [3.63, 3.8) is 0 Å². The van der Waals surface area contributed by atoms with Gasteiger partial charge >= 0.3 is 0 Å². The van der Waals surface area contributed by atoms with Crippen LogP contribution in [-0.2, 0) is 16.2 Å². The molecule has 0 radical (unpaired) electrons. The molecule has 11 heteroatoms. The molecule has 4 aromatic carbocycles. The Morgan fingerprint density at radius 1 is 0.975 bits per heavy atom. The summed E-state index contributed by atoms with van der Waals surface area (Å²) in [5.41, 5.74) is 2.04. The minimum atomic E-state index is -0.534. The number of imide groups is 1. The van der Waals surface area contributed by atoms with Gasteiger partial charge in [-0.2, -0.15) is 0 Å². The van der Waals surface area contributed by atoms with E-state index in [1.54, 1.807) is 42.5 Å². The van der Waals surface area contributed by atoms with Crippen molar-refractivity contribution in [3.05, 3.63) is 108 Å². The molecule has 1 saturated heterocycles. The Hall–Kier alpha value is -2.82. The number of benzene rings is 4. The lowest BCUT2D eigenvalue weighted by atomic mass is 10.1. The second-order valence-corrected chi connectivity index (χ2v) is 12.2. The van der Waals surface area contributed by atoms with E-state index in [1.807, 2.05) is 36.4 Å². The van der Waals surface area contributed by atoms with Gasteiger partial charge < -0.3 is 10.1 Å². The highest BCUT2D eigenvalue weighted by Gasteiger charge is 2.36. The summed E-state index contributed by atoms with van der Waals surface area (Å²) in [5, 5.41) is 5.17. The van der Waals surface area contributed by atoms with E-state index in [2.05, 4.69) is 37.2 Å². The lowest BCUT2D eigenvalue weighted by molar-refractivity contribution is -0.127. The predicted octanol–water partition coefficient (Wildman–Crippen LogP) is 8.93. The molecule has 0 aromatic heterocycles. The smallest absolute Gasteiger partial charge is 0.294 e. The Morgan fingerprint density at radius 3 is 2.45 bits per heavy atom. The number of nitrogens with zero attached hydrogens (tertiary/aromatic N) is 1. The number of anilines is 1. The van der Waals surface area contributed by atoms with Gasteiger partial charge in [0.25, 0.3) is 11.1 Å². The monoisotopic (exact) mass is 718 g/mol. The highest BCUT2D eigenvalue weighted by Crippen LogP contribution is 2.38. The SMILES string of the molecule is O=C(CN1C(=O)S/C(=C/c2cc(Br)c(OCc3ccc(Cl)cc3Cl)c(Br)c2)C1=O)Nc1cccc2ccccc12. The van der Waals surface area contributed by atoms with Gasteiger partial charge in [0, 0.05) is 26.7 Å². The molecule has 0 spiro atoms. The lowest BCUT2D eigenvalue weighted by Gasteiger charge is -2.14. The molecule has 0 saturated carbocycles. The molecule has 40 heavy (non-hydrogen) atoms. The summed E-state index contributed by atoms with van der Waals surface area (Å²) >= 11 is 20.0. The van der Waals surface area contributed by atoms with Gasteiger partial charge in [-0.1, -0.05) is 65.7 Å². The van der Waals surface area contributed by atoms with Crippen LogP contribution in [0, 0.1) is 0 Å². The summed E-state index contributed by atoms with van der Waals surface area (Å²) in [4.78, 5) is 39.6. The van der Waals surface area contributed by atoms with Crippen molar-refractivity contribution in [3.8, 4) is 5.75 Å². The molecule has 1 N–H and O–H groups in total. The molecule has 5 rings (SSSR count). The topological polar surface area (TPSA) is 75.7 Å². The van der Waals surface area contributed by atoms with Crippen LogP contribution in [-0.4, -0.2) is 28.5 Å². The molecule has 6 nitrogen and oxygen atoms in total. The number of nitrogens with one attached hydrogen (secondary N) is 1. The van der Waals surface area contributed by atoms with E-state index in [9.17, 15) is 14.4 Å². The van der Waals surface area contributed by atoms with Crippen LogP contribution in [0.1, 0.15) is 11.1 Å². The second kappa shape index (κ2) is 12.4. The van der Waals surface area contributed by atoms with Crippen LogP contribution in [0.25, 0.3) is 16.8 Å². The average molecular weight is 721 g/mol. The Kier molecular flexibility index (Phi) is 8.87. The maximum Gasteiger partial charge on any atom is 0.294 e. The Labute approximate surface area is 260 Å². The lowest BCUT2D eigenvalue weighted by Crippen LogP contribution is -2.36. The Bertz CT molecular complexity index is 1680. The van der Waals surface area contributed by atoms with Gasteiger partial charge in [-0.3, -0.25) is 19.3 Å². The van der Waals surface area contributed by atoms with Gasteiger partial charge in [0.1, 0.15) is 18.9 Å². The van der Waals surface area contributed by atoms with Crippen LogP contribution >= 0.6 is 66.8 Å². The number of hydrogen-bond acceptors (Lipinski definition) is 5. The highest BCUT2D eigenvalue weighted by molar-refractivity contribution is 9.11. The van der Waals surface area contributed by atoms with Crippen LogP contribution in [0.15, 0.2) is 86.6 Å². The number of fused-ring (bicyclic) bond motifs is 1. The number of thioether (sulfide) groups is 1. The first-order chi connectivity index (χ1) is 19.2. The first-order valence-corrected chi connectivity index (χ1v) is 14.9. The van der Waals surface area contributed by atoms with E-state index in [1.165, 1.54) is 0 Å². The molecule has 1 heterocycles. The number of carbonyl (C=O) groups excluding carboxylic acids is 3. The summed E-state index contributed by atoms with van der Waals surface area (Å²) in [6.07, 6.45) is 1.60. The fourth-order valence-corrected chi connectivity index (χ4v) is 6.80. The summed E-state index contributed by atoms with van der Waals surface area (Å²) in [5.74, 6) is -0.456. The van der Waals surface area contributed by atoms with Crippen LogP contribution < -0.4 is 10.1 Å². The van der Waals surface area contributed by atoms with Crippen molar-refractivity contribution in [2.75, 3.05) is 11.9 Å². The van der Waals surface area contributed by atoms with Gasteiger partial charge in [0.15, 0.2) is 0 Å². The molecule has 1 aliphatic rings. The van der Waals surface area contributed by atoms with Crippen molar-refractivity contribution in [1.29, 1.82) is 0 Å². The highest BCUT2D eigenvalue weighted by atomic mass is 79.9. The summed E-state index contributed by atoms with van der Waals surface area (Å²) < 4.78 is 7.22. The third-order valence-electron chi connectivity index (χ3n) is 5.94. The number of carbonyl (C=O) groups is 3. The van der Waals surface area contributed by atoms with Crippen LogP contribution in [0.2, 0.25) is 10.0 Å². The summed E-state index contributed by atoms with van der Waals surface area (Å²) in [7, 11) is 0. The predicted molar refractivity (Wildman–Crippen MR) is 168 cm³/mol. The van der Waals surface area contributed by atoms with Crippen molar-refractivity contribution in [2.24, 2.45) is 0 Å². The maximum absolute atomic E-state index is 13.0. The Morgan fingerprint density at radius 2 is 1.70 bits per heavy atom. The Balaban J connectivity index is 1.27. The zero-order valence-corrected chi connectivity index (χ0v) is 25.9. The van der Waals surface area contributed by atoms with Crippen LogP contribution in [0.4, 0.5) is 10.5 Å². The molecule has 4 aromatic rings. The van der Waals surface area contributed by atoms with Gasteiger partial charge in [-0.15, -0.1) is 0 Å². The zero-order chi connectivity index (χ0) is 28.4. The third kappa shape index (κ3) is 6.39. The molecule has 3 amide bonds. The number of rotatable bonds is 7. The average Bonchev–Trinajstić information content (AvgIpc) is 3.16. The molecule has 0 unspecified atom stereocenters. The molecule has 202 valence electrons. The van der Waals surface area contributed by atoms with E-state index >= 15 is 0 Å². The van der Waals surface area contributed by atoms with E-state index in [0.717, 1.165) is 33.0 Å².